The molecular formula is C18H17N3OS. The quantitative estimate of drug-likeness (QED) is 0.537. The fourth-order valence-corrected chi connectivity index (χ4v) is 3.73. The first-order valence-electron chi connectivity index (χ1n) is 7.74. The lowest BCUT2D eigenvalue weighted by molar-refractivity contribution is 0.299. The summed E-state index contributed by atoms with van der Waals surface area (Å²) >= 11 is 1.74. The summed E-state index contributed by atoms with van der Waals surface area (Å²) in [6.45, 7) is 3.62. The van der Waals surface area contributed by atoms with Crippen molar-refractivity contribution in [3.05, 3.63) is 53.8 Å². The van der Waals surface area contributed by atoms with Crippen LogP contribution in [0.3, 0.4) is 0 Å². The minimum absolute atomic E-state index is 0.511. The number of aryl methyl sites for hydroxylation is 1. The second kappa shape index (κ2) is 6.01. The van der Waals surface area contributed by atoms with E-state index in [1.807, 2.05) is 12.4 Å². The number of benzene rings is 1. The van der Waals surface area contributed by atoms with E-state index in [1.54, 1.807) is 17.5 Å². The molecule has 0 unspecified atom stereocenters. The lowest BCUT2D eigenvalue weighted by Gasteiger charge is -2.06. The molecule has 0 aliphatic rings. The van der Waals surface area contributed by atoms with Crippen LogP contribution in [0.5, 0.6) is 5.88 Å². The van der Waals surface area contributed by atoms with Gasteiger partial charge >= 0.3 is 0 Å². The van der Waals surface area contributed by atoms with Crippen molar-refractivity contribution in [3.8, 4) is 5.88 Å². The lowest BCUT2D eigenvalue weighted by Crippen LogP contribution is -1.98. The summed E-state index contributed by atoms with van der Waals surface area (Å²) < 4.78 is 9.41. The van der Waals surface area contributed by atoms with Gasteiger partial charge in [0.1, 0.15) is 6.61 Å². The minimum atomic E-state index is 0.511. The van der Waals surface area contributed by atoms with E-state index in [0.717, 1.165) is 24.0 Å². The third-order valence-corrected chi connectivity index (χ3v) is 4.91. The zero-order valence-corrected chi connectivity index (χ0v) is 13.7. The Bertz CT molecular complexity index is 957. The summed E-state index contributed by atoms with van der Waals surface area (Å²) in [5, 5.41) is 3.40. The summed E-state index contributed by atoms with van der Waals surface area (Å²) in [5.41, 5.74) is 3.10. The van der Waals surface area contributed by atoms with Crippen LogP contribution in [0.2, 0.25) is 0 Å². The zero-order chi connectivity index (χ0) is 15.6. The first-order chi connectivity index (χ1) is 11.4. The van der Waals surface area contributed by atoms with Gasteiger partial charge in [0.05, 0.1) is 11.8 Å². The average molecular weight is 323 g/mol. The summed E-state index contributed by atoms with van der Waals surface area (Å²) in [6, 6.07) is 10.4. The Hall–Kier alpha value is -2.40. The number of hydrogen-bond acceptors (Lipinski definition) is 4. The average Bonchev–Trinajstić information content (AvgIpc) is 3.18. The molecule has 0 aliphatic heterocycles. The Kier molecular flexibility index (Phi) is 3.71. The Balaban J connectivity index is 1.63. The molecule has 1 aromatic carbocycles. The van der Waals surface area contributed by atoms with Gasteiger partial charge in [0.15, 0.2) is 5.52 Å². The van der Waals surface area contributed by atoms with Gasteiger partial charge < -0.3 is 9.30 Å². The Morgan fingerprint density at radius 1 is 1.17 bits per heavy atom. The first-order valence-corrected chi connectivity index (χ1v) is 8.62. The van der Waals surface area contributed by atoms with Crippen molar-refractivity contribution >= 4 is 32.5 Å². The number of fused-ring (bicyclic) bond motifs is 2. The molecule has 4 aromatic rings. The monoisotopic (exact) mass is 323 g/mol. The predicted molar refractivity (Wildman–Crippen MR) is 94.0 cm³/mol. The third-order valence-electron chi connectivity index (χ3n) is 3.90. The van der Waals surface area contributed by atoms with Crippen molar-refractivity contribution in [3.63, 3.8) is 0 Å². The van der Waals surface area contributed by atoms with Gasteiger partial charge in [-0.25, -0.2) is 9.97 Å². The third kappa shape index (κ3) is 2.57. The van der Waals surface area contributed by atoms with Crippen molar-refractivity contribution in [2.24, 2.45) is 0 Å². The standard InChI is InChI=1S/C18H17N3OS/c1-2-9-21-12-20-17-15(21)7-8-19-18(17)22-10-13-11-23-16-6-4-3-5-14(13)16/h3-8,11-12H,2,9-10H2,1H3. The Morgan fingerprint density at radius 3 is 3.00 bits per heavy atom. The summed E-state index contributed by atoms with van der Waals surface area (Å²) in [5.74, 6) is 0.604. The van der Waals surface area contributed by atoms with Gasteiger partial charge in [-0.3, -0.25) is 0 Å². The van der Waals surface area contributed by atoms with Crippen molar-refractivity contribution < 1.29 is 4.74 Å². The van der Waals surface area contributed by atoms with Gasteiger partial charge in [-0.15, -0.1) is 11.3 Å². The molecule has 0 radical (unpaired) electrons. The van der Waals surface area contributed by atoms with Crippen molar-refractivity contribution in [1.29, 1.82) is 0 Å². The molecule has 0 atom stereocenters. The molecule has 23 heavy (non-hydrogen) atoms. The molecule has 4 nitrogen and oxygen atoms in total. The van der Waals surface area contributed by atoms with Crippen molar-refractivity contribution in [2.75, 3.05) is 0 Å². The van der Waals surface area contributed by atoms with Gasteiger partial charge in [0.2, 0.25) is 5.88 Å². The highest BCUT2D eigenvalue weighted by Crippen LogP contribution is 2.28. The van der Waals surface area contributed by atoms with Crippen LogP contribution in [0.1, 0.15) is 18.9 Å². The Labute approximate surface area is 138 Å². The summed E-state index contributed by atoms with van der Waals surface area (Å²) in [6.07, 6.45) is 4.73. The molecule has 0 N–H and O–H groups in total. The van der Waals surface area contributed by atoms with E-state index < -0.39 is 0 Å². The van der Waals surface area contributed by atoms with E-state index in [1.165, 1.54) is 15.6 Å². The van der Waals surface area contributed by atoms with Crippen molar-refractivity contribution in [2.45, 2.75) is 26.5 Å². The van der Waals surface area contributed by atoms with Gasteiger partial charge in [0, 0.05) is 23.0 Å². The molecule has 0 amide bonds. The predicted octanol–water partition coefficient (Wildman–Crippen LogP) is 4.64. The molecule has 5 heteroatoms. The molecular weight excluding hydrogens is 306 g/mol. The van der Waals surface area contributed by atoms with Crippen LogP contribution in [0.25, 0.3) is 21.1 Å². The topological polar surface area (TPSA) is 39.9 Å². The highest BCUT2D eigenvalue weighted by atomic mass is 32.1. The molecule has 0 spiro atoms. The van der Waals surface area contributed by atoms with E-state index in [4.69, 9.17) is 4.74 Å². The van der Waals surface area contributed by atoms with Crippen LogP contribution < -0.4 is 4.74 Å². The van der Waals surface area contributed by atoms with Gasteiger partial charge in [-0.2, -0.15) is 0 Å². The molecule has 4 rings (SSSR count). The van der Waals surface area contributed by atoms with Crippen LogP contribution in [-0.2, 0) is 13.2 Å². The van der Waals surface area contributed by atoms with E-state index in [2.05, 4.69) is 51.1 Å². The van der Waals surface area contributed by atoms with Gasteiger partial charge in [-0.1, -0.05) is 25.1 Å². The number of aromatic nitrogens is 3. The summed E-state index contributed by atoms with van der Waals surface area (Å²) in [4.78, 5) is 8.84. The van der Waals surface area contributed by atoms with Gasteiger partial charge in [0.25, 0.3) is 0 Å². The Morgan fingerprint density at radius 2 is 2.09 bits per heavy atom. The number of ether oxygens (including phenoxy) is 1. The number of pyridine rings is 1. The van der Waals surface area contributed by atoms with Crippen molar-refractivity contribution in [1.82, 2.24) is 14.5 Å². The highest BCUT2D eigenvalue weighted by Gasteiger charge is 2.11. The fourth-order valence-electron chi connectivity index (χ4n) is 2.78. The summed E-state index contributed by atoms with van der Waals surface area (Å²) in [7, 11) is 0. The molecule has 0 aliphatic carbocycles. The normalized spacial score (nSPS) is 11.3. The first kappa shape index (κ1) is 14.2. The number of nitrogens with zero attached hydrogens (tertiary/aromatic N) is 3. The number of rotatable bonds is 5. The van der Waals surface area contributed by atoms with Crippen LogP contribution >= 0.6 is 11.3 Å². The number of hydrogen-bond donors (Lipinski definition) is 0. The lowest BCUT2D eigenvalue weighted by atomic mass is 10.2. The molecule has 3 heterocycles. The molecule has 0 bridgehead atoms. The smallest absolute Gasteiger partial charge is 0.242 e. The largest absolute Gasteiger partial charge is 0.471 e. The SMILES string of the molecule is CCCn1cnc2c(OCc3csc4ccccc34)nccc21. The second-order valence-corrected chi connectivity index (χ2v) is 6.38. The number of imidazole rings is 1. The van der Waals surface area contributed by atoms with E-state index in [-0.39, 0.29) is 0 Å². The minimum Gasteiger partial charge on any atom is -0.471 e. The second-order valence-electron chi connectivity index (χ2n) is 5.47. The van der Waals surface area contributed by atoms with Crippen LogP contribution in [0.4, 0.5) is 0 Å². The maximum Gasteiger partial charge on any atom is 0.242 e. The molecule has 0 saturated carbocycles. The van der Waals surface area contributed by atoms with E-state index in [9.17, 15) is 0 Å². The van der Waals surface area contributed by atoms with E-state index in [0.29, 0.717) is 12.5 Å². The van der Waals surface area contributed by atoms with Crippen LogP contribution in [0, 0.1) is 0 Å². The van der Waals surface area contributed by atoms with Crippen LogP contribution in [-0.4, -0.2) is 14.5 Å². The maximum atomic E-state index is 5.98. The molecule has 0 fully saturated rings. The molecule has 0 saturated heterocycles. The highest BCUT2D eigenvalue weighted by molar-refractivity contribution is 7.17. The molecule has 116 valence electrons. The zero-order valence-electron chi connectivity index (χ0n) is 12.9. The molecule has 3 aromatic heterocycles. The number of thiophene rings is 1. The fraction of sp³-hybridized carbons (Fsp3) is 0.222. The maximum absolute atomic E-state index is 5.98. The van der Waals surface area contributed by atoms with E-state index >= 15 is 0 Å². The van der Waals surface area contributed by atoms with Gasteiger partial charge in [-0.05, 0) is 29.3 Å². The van der Waals surface area contributed by atoms with Crippen LogP contribution in [0.15, 0.2) is 48.2 Å².